The topological polar surface area (TPSA) is 38.3 Å². The molecule has 1 atom stereocenters. The molecule has 0 aliphatic heterocycles. The highest BCUT2D eigenvalue weighted by Crippen LogP contribution is 2.26. The van der Waals surface area contributed by atoms with Crippen LogP contribution in [0.25, 0.3) is 0 Å². The third-order valence-electron chi connectivity index (χ3n) is 5.97. The summed E-state index contributed by atoms with van der Waals surface area (Å²) < 4.78 is 5.83. The Morgan fingerprint density at radius 3 is 2.47 bits per heavy atom. The minimum atomic E-state index is -0.0410. The fourth-order valence-corrected chi connectivity index (χ4v) is 4.92. The van der Waals surface area contributed by atoms with E-state index in [2.05, 4.69) is 42.6 Å². The standard InChI is InChI=1S/C28H31NO2S/c1-2-27(24-13-12-21-8-6-7-9-23(21)20-24)29-28(30)22-14-16-25(17-15-22)31-18-19-32-26-10-4-3-5-11-26/h3-5,10-17,20,27H,2,6-9,18-19H2,1H3,(H,29,30)/t27-/m1/s1. The van der Waals surface area contributed by atoms with Crippen LogP contribution in [0, 0.1) is 0 Å². The van der Waals surface area contributed by atoms with E-state index in [-0.39, 0.29) is 11.9 Å². The van der Waals surface area contributed by atoms with Crippen molar-refractivity contribution in [1.82, 2.24) is 5.32 Å². The Morgan fingerprint density at radius 2 is 1.72 bits per heavy atom. The molecule has 4 heteroatoms. The molecule has 1 amide bonds. The zero-order valence-electron chi connectivity index (χ0n) is 18.7. The van der Waals surface area contributed by atoms with Crippen LogP contribution in [0.15, 0.2) is 77.7 Å². The van der Waals surface area contributed by atoms with Gasteiger partial charge >= 0.3 is 0 Å². The van der Waals surface area contributed by atoms with Crippen LogP contribution in [0.2, 0.25) is 0 Å². The second kappa shape index (κ2) is 11.2. The highest BCUT2D eigenvalue weighted by atomic mass is 32.2. The van der Waals surface area contributed by atoms with Crippen molar-refractivity contribution >= 4 is 17.7 Å². The predicted molar refractivity (Wildman–Crippen MR) is 133 cm³/mol. The van der Waals surface area contributed by atoms with E-state index in [9.17, 15) is 4.79 Å². The molecule has 3 nitrogen and oxygen atoms in total. The Kier molecular flexibility index (Phi) is 7.89. The van der Waals surface area contributed by atoms with Crippen molar-refractivity contribution in [2.45, 2.75) is 50.0 Å². The second-order valence-corrected chi connectivity index (χ2v) is 9.37. The van der Waals surface area contributed by atoms with Crippen molar-refractivity contribution < 1.29 is 9.53 Å². The number of ether oxygens (including phenoxy) is 1. The van der Waals surface area contributed by atoms with Crippen molar-refractivity contribution in [2.75, 3.05) is 12.4 Å². The Bertz CT molecular complexity index is 1020. The van der Waals surface area contributed by atoms with Gasteiger partial charge in [0.15, 0.2) is 0 Å². The van der Waals surface area contributed by atoms with E-state index in [0.717, 1.165) is 24.3 Å². The van der Waals surface area contributed by atoms with E-state index >= 15 is 0 Å². The van der Waals surface area contributed by atoms with Crippen LogP contribution in [0.1, 0.15) is 59.3 Å². The van der Waals surface area contributed by atoms with Gasteiger partial charge in [0.2, 0.25) is 0 Å². The number of fused-ring (bicyclic) bond motifs is 1. The third-order valence-corrected chi connectivity index (χ3v) is 6.95. The maximum Gasteiger partial charge on any atom is 0.251 e. The molecule has 0 heterocycles. The van der Waals surface area contributed by atoms with Crippen LogP contribution < -0.4 is 10.1 Å². The first-order chi connectivity index (χ1) is 15.7. The van der Waals surface area contributed by atoms with Gasteiger partial charge in [0.05, 0.1) is 12.6 Å². The maximum atomic E-state index is 12.8. The molecule has 32 heavy (non-hydrogen) atoms. The molecule has 0 unspecified atom stereocenters. The molecule has 0 saturated heterocycles. The lowest BCUT2D eigenvalue weighted by molar-refractivity contribution is 0.0935. The number of hydrogen-bond donors (Lipinski definition) is 1. The number of thioether (sulfide) groups is 1. The van der Waals surface area contributed by atoms with Crippen molar-refractivity contribution in [3.05, 3.63) is 95.1 Å². The lowest BCUT2D eigenvalue weighted by atomic mass is 9.88. The molecule has 0 aromatic heterocycles. The number of nitrogens with one attached hydrogen (secondary N) is 1. The summed E-state index contributed by atoms with van der Waals surface area (Å²) >= 11 is 1.77. The number of aryl methyl sites for hydroxylation is 2. The van der Waals surface area contributed by atoms with Crippen molar-refractivity contribution in [1.29, 1.82) is 0 Å². The zero-order chi connectivity index (χ0) is 22.2. The summed E-state index contributed by atoms with van der Waals surface area (Å²) in [6, 6.07) is 24.5. The monoisotopic (exact) mass is 445 g/mol. The summed E-state index contributed by atoms with van der Waals surface area (Å²) in [5, 5.41) is 3.21. The molecule has 3 aromatic rings. The van der Waals surface area contributed by atoms with E-state index in [1.807, 2.05) is 42.5 Å². The molecule has 0 fully saturated rings. The van der Waals surface area contributed by atoms with Crippen molar-refractivity contribution in [3.8, 4) is 5.75 Å². The molecule has 0 spiro atoms. The fourth-order valence-electron chi connectivity index (χ4n) is 4.17. The lowest BCUT2D eigenvalue weighted by Gasteiger charge is -2.22. The molecule has 3 aromatic carbocycles. The average Bonchev–Trinajstić information content (AvgIpc) is 2.85. The number of carbonyl (C=O) groups excluding carboxylic acids is 1. The summed E-state index contributed by atoms with van der Waals surface area (Å²) in [5.74, 6) is 1.63. The summed E-state index contributed by atoms with van der Waals surface area (Å²) in [4.78, 5) is 14.1. The molecule has 166 valence electrons. The van der Waals surface area contributed by atoms with E-state index in [4.69, 9.17) is 4.74 Å². The highest BCUT2D eigenvalue weighted by molar-refractivity contribution is 7.99. The first-order valence-corrected chi connectivity index (χ1v) is 12.5. The largest absolute Gasteiger partial charge is 0.493 e. The second-order valence-electron chi connectivity index (χ2n) is 8.20. The zero-order valence-corrected chi connectivity index (χ0v) is 19.5. The Labute approximate surface area is 195 Å². The smallest absolute Gasteiger partial charge is 0.251 e. The molecule has 4 rings (SSSR count). The minimum absolute atomic E-state index is 0.0284. The normalized spacial score (nSPS) is 13.8. The predicted octanol–water partition coefficient (Wildman–Crippen LogP) is 6.62. The van der Waals surface area contributed by atoms with Crippen LogP contribution in [0.3, 0.4) is 0 Å². The van der Waals surface area contributed by atoms with Gasteiger partial charge in [0.1, 0.15) is 5.75 Å². The molecule has 0 bridgehead atoms. The quantitative estimate of drug-likeness (QED) is 0.297. The number of amides is 1. The van der Waals surface area contributed by atoms with E-state index in [1.54, 1.807) is 11.8 Å². The SMILES string of the molecule is CC[C@@H](NC(=O)c1ccc(OCCSc2ccccc2)cc1)c1ccc2c(c1)CCCC2. The average molecular weight is 446 g/mol. The van der Waals surface area contributed by atoms with Crippen LogP contribution in [0.4, 0.5) is 0 Å². The Hall–Kier alpha value is -2.72. The van der Waals surface area contributed by atoms with Gasteiger partial charge < -0.3 is 10.1 Å². The lowest BCUT2D eigenvalue weighted by Crippen LogP contribution is -2.28. The number of rotatable bonds is 9. The molecule has 0 radical (unpaired) electrons. The van der Waals surface area contributed by atoms with E-state index < -0.39 is 0 Å². The molecular weight excluding hydrogens is 414 g/mol. The van der Waals surface area contributed by atoms with Crippen molar-refractivity contribution in [2.24, 2.45) is 0 Å². The number of hydrogen-bond acceptors (Lipinski definition) is 3. The van der Waals surface area contributed by atoms with Crippen molar-refractivity contribution in [3.63, 3.8) is 0 Å². The van der Waals surface area contributed by atoms with Gasteiger partial charge in [-0.1, -0.05) is 43.3 Å². The fraction of sp³-hybridized carbons (Fsp3) is 0.321. The summed E-state index contributed by atoms with van der Waals surface area (Å²) in [7, 11) is 0. The third kappa shape index (κ3) is 5.95. The molecular formula is C28H31NO2S. The number of carbonyl (C=O) groups is 1. The van der Waals surface area contributed by atoms with Gasteiger partial charge in [-0.2, -0.15) is 0 Å². The molecule has 0 saturated carbocycles. The summed E-state index contributed by atoms with van der Waals surface area (Å²) in [6.07, 6.45) is 5.74. The molecule has 1 aliphatic carbocycles. The van der Waals surface area contributed by atoms with E-state index in [1.165, 1.54) is 40.8 Å². The van der Waals surface area contributed by atoms with Gasteiger partial charge in [0, 0.05) is 16.2 Å². The van der Waals surface area contributed by atoms with Gasteiger partial charge in [-0.15, -0.1) is 11.8 Å². The molecule has 1 N–H and O–H groups in total. The van der Waals surface area contributed by atoms with Crippen LogP contribution >= 0.6 is 11.8 Å². The first-order valence-electron chi connectivity index (χ1n) is 11.6. The van der Waals surface area contributed by atoms with Crippen LogP contribution in [-0.4, -0.2) is 18.3 Å². The van der Waals surface area contributed by atoms with Gasteiger partial charge in [0.25, 0.3) is 5.91 Å². The summed E-state index contributed by atoms with van der Waals surface area (Å²) in [5.41, 5.74) is 4.79. The van der Waals surface area contributed by atoms with Crippen LogP contribution in [0.5, 0.6) is 5.75 Å². The number of benzene rings is 3. The van der Waals surface area contributed by atoms with Crippen LogP contribution in [-0.2, 0) is 12.8 Å². The van der Waals surface area contributed by atoms with Gasteiger partial charge in [-0.25, -0.2) is 0 Å². The Morgan fingerprint density at radius 1 is 0.969 bits per heavy atom. The summed E-state index contributed by atoms with van der Waals surface area (Å²) in [6.45, 7) is 2.75. The Balaban J connectivity index is 1.29. The maximum absolute atomic E-state index is 12.8. The van der Waals surface area contributed by atoms with E-state index in [0.29, 0.717) is 12.2 Å². The highest BCUT2D eigenvalue weighted by Gasteiger charge is 2.17. The minimum Gasteiger partial charge on any atom is -0.493 e. The molecule has 1 aliphatic rings. The van der Waals surface area contributed by atoms with Gasteiger partial charge in [-0.3, -0.25) is 4.79 Å². The first kappa shape index (κ1) is 22.5. The van der Waals surface area contributed by atoms with Gasteiger partial charge in [-0.05, 0) is 85.2 Å².